The number of carbonyl (C=O) groups excluding carboxylic acids is 4. The molecule has 1 spiro atoms. The second-order valence-corrected chi connectivity index (χ2v) is 13.3. The summed E-state index contributed by atoms with van der Waals surface area (Å²) >= 11 is 6.66. The topological polar surface area (TPSA) is 135 Å². The summed E-state index contributed by atoms with van der Waals surface area (Å²) in [6.07, 6.45) is 6.57. The first-order chi connectivity index (χ1) is 23.7. The van der Waals surface area contributed by atoms with Gasteiger partial charge in [0, 0.05) is 33.2 Å². The number of anilines is 1. The highest BCUT2D eigenvalue weighted by atomic mass is 35.5. The van der Waals surface area contributed by atoms with Crippen LogP contribution in [0.3, 0.4) is 0 Å². The maximum atomic E-state index is 14.8. The number of para-hydroxylation sites is 1. The molecule has 2 aromatic rings. The SMILES string of the molecule is COC[C@@H]1NC(=O)CC/C=C\[C@@H]2O[C@@]34C=CCN(c5c(C)cccc5Cl)C(=O)[C@@H]3N(CCCCO)C(=O)[C@H]4[C@@H]2C(=O)O[C@H]1c1ccccc1. The Morgan fingerprint density at radius 2 is 1.84 bits per heavy atom. The smallest absolute Gasteiger partial charge is 0.313 e. The van der Waals surface area contributed by atoms with E-state index >= 15 is 0 Å². The van der Waals surface area contributed by atoms with Gasteiger partial charge in [-0.2, -0.15) is 0 Å². The van der Waals surface area contributed by atoms with E-state index in [1.807, 2.05) is 37.3 Å². The minimum atomic E-state index is -1.50. The molecule has 0 aliphatic carbocycles. The number of methoxy groups -OCH3 is 1. The zero-order valence-electron chi connectivity index (χ0n) is 27.6. The molecule has 49 heavy (non-hydrogen) atoms. The molecule has 0 aromatic heterocycles. The van der Waals surface area contributed by atoms with Crippen LogP contribution in [0.1, 0.15) is 42.9 Å². The van der Waals surface area contributed by atoms with Crippen LogP contribution >= 0.6 is 11.6 Å². The normalized spacial score (nSPS) is 30.8. The fraction of sp³-hybridized carbons (Fsp3) is 0.459. The molecule has 0 radical (unpaired) electrons. The number of allylic oxidation sites excluding steroid dienone is 1. The number of benzene rings is 2. The Morgan fingerprint density at radius 1 is 1.04 bits per heavy atom. The molecule has 4 aliphatic rings. The summed E-state index contributed by atoms with van der Waals surface area (Å²) in [6.45, 7) is 2.22. The Hall–Kier alpha value is -4.03. The number of likely N-dealkylation sites (tertiary alicyclic amines) is 1. The van der Waals surface area contributed by atoms with Crippen molar-refractivity contribution in [3.63, 3.8) is 0 Å². The lowest BCUT2D eigenvalue weighted by molar-refractivity contribution is -0.162. The first-order valence-corrected chi connectivity index (χ1v) is 17.1. The molecule has 3 amide bonds. The predicted octanol–water partition coefficient (Wildman–Crippen LogP) is 3.67. The van der Waals surface area contributed by atoms with Gasteiger partial charge in [-0.15, -0.1) is 0 Å². The van der Waals surface area contributed by atoms with Crippen molar-refractivity contribution in [1.29, 1.82) is 0 Å². The molecule has 0 unspecified atom stereocenters. The number of carbonyl (C=O) groups is 4. The Kier molecular flexibility index (Phi) is 10.5. The highest BCUT2D eigenvalue weighted by Gasteiger charge is 2.72. The number of nitrogens with one attached hydrogen (secondary N) is 1. The molecule has 0 bridgehead atoms. The lowest BCUT2D eigenvalue weighted by atomic mass is 9.77. The number of rotatable bonds is 8. The third kappa shape index (κ3) is 6.52. The van der Waals surface area contributed by atoms with E-state index in [2.05, 4.69) is 5.32 Å². The van der Waals surface area contributed by atoms with E-state index in [9.17, 15) is 24.3 Å². The van der Waals surface area contributed by atoms with Crippen LogP contribution in [0.2, 0.25) is 5.02 Å². The van der Waals surface area contributed by atoms with Crippen LogP contribution in [-0.4, -0.2) is 90.9 Å². The van der Waals surface area contributed by atoms with E-state index < -0.39 is 53.6 Å². The Bertz CT molecular complexity index is 1610. The molecule has 7 atom stereocenters. The molecule has 4 heterocycles. The molecule has 0 saturated carbocycles. The number of halogens is 1. The van der Waals surface area contributed by atoms with E-state index in [1.165, 1.54) is 12.0 Å². The maximum absolute atomic E-state index is 14.8. The first-order valence-electron chi connectivity index (χ1n) is 16.8. The van der Waals surface area contributed by atoms with Gasteiger partial charge in [-0.05, 0) is 43.4 Å². The lowest BCUT2D eigenvalue weighted by Gasteiger charge is -2.36. The highest BCUT2D eigenvalue weighted by molar-refractivity contribution is 6.34. The van der Waals surface area contributed by atoms with Gasteiger partial charge in [0.25, 0.3) is 5.91 Å². The fourth-order valence-corrected chi connectivity index (χ4v) is 8.01. The zero-order chi connectivity index (χ0) is 34.7. The monoisotopic (exact) mass is 691 g/mol. The summed E-state index contributed by atoms with van der Waals surface area (Å²) in [4.78, 5) is 60.1. The quantitative estimate of drug-likeness (QED) is 0.243. The van der Waals surface area contributed by atoms with Crippen LogP contribution in [-0.2, 0) is 33.4 Å². The second kappa shape index (κ2) is 14.8. The number of cyclic esters (lactones) is 1. The largest absolute Gasteiger partial charge is 0.455 e. The van der Waals surface area contributed by atoms with Gasteiger partial charge in [0.05, 0.1) is 35.4 Å². The van der Waals surface area contributed by atoms with Gasteiger partial charge in [-0.1, -0.05) is 78.4 Å². The van der Waals surface area contributed by atoms with Crippen molar-refractivity contribution in [2.75, 3.05) is 38.3 Å². The minimum absolute atomic E-state index is 0.0700. The molecule has 2 N–H and O–H groups in total. The number of hydrogen-bond donors (Lipinski definition) is 2. The third-order valence-electron chi connectivity index (χ3n) is 9.82. The van der Waals surface area contributed by atoms with Crippen LogP contribution in [0, 0.1) is 18.8 Å². The average molecular weight is 692 g/mol. The lowest BCUT2D eigenvalue weighted by Crippen LogP contribution is -2.55. The number of amides is 3. The summed E-state index contributed by atoms with van der Waals surface area (Å²) in [6, 6.07) is 12.6. The molecule has 2 aromatic carbocycles. The number of unbranched alkanes of at least 4 members (excludes halogenated alkanes) is 1. The van der Waals surface area contributed by atoms with Gasteiger partial charge in [-0.25, -0.2) is 0 Å². The standard InChI is InChI=1S/C37H42ClN3O8/c1-23-12-10-15-25(38)31(23)40-20-11-18-37-30(34(44)41(19-8-9-21-42)33(37)35(40)45)29-27(49-37)16-6-7-17-28(43)39-26(22-47-2)32(48-36(29)46)24-13-4-3-5-14-24/h3-6,10-16,18,26-27,29-30,32-33,42H,7-9,17,19-22H2,1-2H3,(H,39,43)/b16-6-/t26-,27-,29+,30+,32-,33-,37+/m0/s1. The third-order valence-corrected chi connectivity index (χ3v) is 10.1. The molecule has 11 nitrogen and oxygen atoms in total. The van der Waals surface area contributed by atoms with Crippen molar-refractivity contribution in [3.8, 4) is 0 Å². The van der Waals surface area contributed by atoms with Crippen LogP contribution in [0.4, 0.5) is 5.69 Å². The number of nitrogens with zero attached hydrogens (tertiary/aromatic N) is 2. The number of hydrogen-bond acceptors (Lipinski definition) is 8. The number of aryl methyl sites for hydroxylation is 1. The van der Waals surface area contributed by atoms with Crippen molar-refractivity contribution in [2.45, 2.75) is 62.5 Å². The second-order valence-electron chi connectivity index (χ2n) is 12.9. The van der Waals surface area contributed by atoms with Gasteiger partial charge >= 0.3 is 5.97 Å². The van der Waals surface area contributed by atoms with Gasteiger partial charge in [0.15, 0.2) is 0 Å². The first kappa shape index (κ1) is 34.8. The summed E-state index contributed by atoms with van der Waals surface area (Å²) in [5.74, 6) is -3.89. The highest BCUT2D eigenvalue weighted by Crippen LogP contribution is 2.54. The van der Waals surface area contributed by atoms with Crippen molar-refractivity contribution >= 4 is 41.0 Å². The average Bonchev–Trinajstić information content (AvgIpc) is 3.47. The number of ether oxygens (including phenoxy) is 3. The zero-order valence-corrected chi connectivity index (χ0v) is 28.4. The number of esters is 1. The molecule has 4 aliphatic heterocycles. The molecule has 260 valence electrons. The molecule has 6 rings (SSSR count). The predicted molar refractivity (Wildman–Crippen MR) is 182 cm³/mol. The molecular formula is C37H42ClN3O8. The molecule has 2 fully saturated rings. The number of fused-ring (bicyclic) bond motifs is 2. The number of aliphatic hydroxyl groups excluding tert-OH is 1. The Labute approximate surface area is 290 Å². The van der Waals surface area contributed by atoms with Crippen molar-refractivity contribution in [3.05, 3.63) is 89.0 Å². The van der Waals surface area contributed by atoms with E-state index in [0.717, 1.165) is 5.56 Å². The summed E-state index contributed by atoms with van der Waals surface area (Å²) in [5, 5.41) is 12.9. The molecular weight excluding hydrogens is 650 g/mol. The van der Waals surface area contributed by atoms with Gasteiger partial charge in [-0.3, -0.25) is 19.2 Å². The molecule has 2 saturated heterocycles. The van der Waals surface area contributed by atoms with Crippen molar-refractivity contribution < 1.29 is 38.5 Å². The summed E-state index contributed by atoms with van der Waals surface area (Å²) in [5.41, 5.74) is 0.475. The van der Waals surface area contributed by atoms with Crippen LogP contribution in [0.5, 0.6) is 0 Å². The van der Waals surface area contributed by atoms with Crippen LogP contribution in [0.15, 0.2) is 72.8 Å². The summed E-state index contributed by atoms with van der Waals surface area (Å²) < 4.78 is 18.6. The Morgan fingerprint density at radius 3 is 2.57 bits per heavy atom. The van der Waals surface area contributed by atoms with E-state index in [1.54, 1.807) is 47.4 Å². The van der Waals surface area contributed by atoms with Crippen LogP contribution in [0.25, 0.3) is 0 Å². The summed E-state index contributed by atoms with van der Waals surface area (Å²) in [7, 11) is 1.50. The van der Waals surface area contributed by atoms with Gasteiger partial charge in [0.1, 0.15) is 23.7 Å². The van der Waals surface area contributed by atoms with E-state index in [-0.39, 0.29) is 44.5 Å². The van der Waals surface area contributed by atoms with E-state index in [4.69, 9.17) is 25.8 Å². The van der Waals surface area contributed by atoms with Gasteiger partial charge < -0.3 is 34.4 Å². The van der Waals surface area contributed by atoms with Gasteiger partial charge in [0.2, 0.25) is 11.8 Å². The van der Waals surface area contributed by atoms with Crippen LogP contribution < -0.4 is 10.2 Å². The minimum Gasteiger partial charge on any atom is -0.455 e. The van der Waals surface area contributed by atoms with Crippen molar-refractivity contribution in [1.82, 2.24) is 10.2 Å². The molecule has 12 heteroatoms. The van der Waals surface area contributed by atoms with E-state index in [0.29, 0.717) is 35.5 Å². The van der Waals surface area contributed by atoms with Crippen molar-refractivity contribution in [2.24, 2.45) is 11.8 Å². The Balaban J connectivity index is 1.45. The number of aliphatic hydroxyl groups is 1. The fourth-order valence-electron chi connectivity index (χ4n) is 7.69. The maximum Gasteiger partial charge on any atom is 0.313 e.